The number of hydrogen-bond donors (Lipinski definition) is 0. The predicted octanol–water partition coefficient (Wildman–Crippen LogP) is 4.51. The smallest absolute Gasteiger partial charge is 0.442 e. The second kappa shape index (κ2) is 6.32. The highest BCUT2D eigenvalue weighted by Crippen LogP contribution is 2.24. The fourth-order valence-electron chi connectivity index (χ4n) is 1.84. The molecule has 0 saturated heterocycles. The van der Waals surface area contributed by atoms with Gasteiger partial charge in [0.1, 0.15) is 15.3 Å². The molecule has 0 aliphatic rings. The Balaban J connectivity index is 2.58. The van der Waals surface area contributed by atoms with Gasteiger partial charge in [0.25, 0.3) is 0 Å². The highest BCUT2D eigenvalue weighted by atomic mass is 32.2. The Bertz CT molecular complexity index is 710. The first-order valence-electron chi connectivity index (χ1n) is 6.91. The molecule has 0 aliphatic heterocycles. The van der Waals surface area contributed by atoms with Crippen molar-refractivity contribution >= 4 is 15.8 Å². The van der Waals surface area contributed by atoms with Crippen molar-refractivity contribution in [2.45, 2.75) is 36.2 Å². The Morgan fingerprint density at radius 3 is 1.68 bits per heavy atom. The molecule has 0 fully saturated rings. The highest BCUT2D eigenvalue weighted by molar-refractivity contribution is 7.94. The van der Waals surface area contributed by atoms with E-state index in [9.17, 15) is 9.00 Å². The van der Waals surface area contributed by atoms with Gasteiger partial charge >= 0.3 is 6.09 Å². The number of carbonyl (C=O) groups is 1. The molecule has 0 aromatic heterocycles. The molecule has 0 saturated carbocycles. The quantitative estimate of drug-likeness (QED) is 0.819. The van der Waals surface area contributed by atoms with Crippen LogP contribution in [0.3, 0.4) is 0 Å². The van der Waals surface area contributed by atoms with Crippen LogP contribution in [0.25, 0.3) is 0 Å². The normalized spacial score (nSPS) is 11.8. The number of amides is 1. The van der Waals surface area contributed by atoms with Crippen molar-refractivity contribution in [3.8, 4) is 0 Å². The van der Waals surface area contributed by atoms with Gasteiger partial charge in [0.2, 0.25) is 0 Å². The van der Waals surface area contributed by atoms with Crippen molar-refractivity contribution in [3.05, 3.63) is 60.7 Å². The molecule has 2 rings (SSSR count). The van der Waals surface area contributed by atoms with Crippen molar-refractivity contribution in [2.75, 3.05) is 0 Å². The molecule has 0 heterocycles. The van der Waals surface area contributed by atoms with Crippen molar-refractivity contribution < 1.29 is 13.7 Å². The molecule has 116 valence electrons. The lowest BCUT2D eigenvalue weighted by Gasteiger charge is -2.18. The van der Waals surface area contributed by atoms with Gasteiger partial charge in [-0.15, -0.1) is 4.36 Å². The zero-order valence-corrected chi connectivity index (χ0v) is 13.7. The molecular weight excluding hydrogens is 298 g/mol. The summed E-state index contributed by atoms with van der Waals surface area (Å²) in [6.07, 6.45) is -0.829. The lowest BCUT2D eigenvalue weighted by molar-refractivity contribution is 0.0607. The van der Waals surface area contributed by atoms with Crippen LogP contribution in [0, 0.1) is 0 Å². The van der Waals surface area contributed by atoms with Crippen molar-refractivity contribution in [1.82, 2.24) is 0 Å². The molecule has 0 radical (unpaired) electrons. The van der Waals surface area contributed by atoms with Crippen LogP contribution in [0.2, 0.25) is 0 Å². The molecule has 0 unspecified atom stereocenters. The first kappa shape index (κ1) is 16.2. The van der Waals surface area contributed by atoms with Crippen LogP contribution in [0.15, 0.2) is 74.8 Å². The summed E-state index contributed by atoms with van der Waals surface area (Å²) in [6.45, 7) is 5.23. The van der Waals surface area contributed by atoms with Gasteiger partial charge in [0.05, 0.1) is 9.79 Å². The monoisotopic (exact) mass is 317 g/mol. The van der Waals surface area contributed by atoms with E-state index in [0.717, 1.165) is 0 Å². The minimum absolute atomic E-state index is 0.479. The van der Waals surface area contributed by atoms with Crippen LogP contribution in [0.5, 0.6) is 0 Å². The van der Waals surface area contributed by atoms with Crippen LogP contribution in [0.1, 0.15) is 20.8 Å². The third-order valence-electron chi connectivity index (χ3n) is 2.72. The Labute approximate surface area is 131 Å². The Morgan fingerprint density at radius 2 is 1.32 bits per heavy atom. The maximum Gasteiger partial charge on any atom is 0.442 e. The van der Waals surface area contributed by atoms with Crippen LogP contribution >= 0.6 is 0 Å². The van der Waals surface area contributed by atoms with E-state index in [1.807, 2.05) is 12.1 Å². The first-order valence-corrected chi connectivity index (χ1v) is 8.43. The molecule has 1 amide bonds. The second-order valence-corrected chi connectivity index (χ2v) is 7.90. The lowest BCUT2D eigenvalue weighted by atomic mass is 10.2. The average molecular weight is 317 g/mol. The van der Waals surface area contributed by atoms with Gasteiger partial charge in [-0.1, -0.05) is 36.4 Å². The van der Waals surface area contributed by atoms with E-state index in [-0.39, 0.29) is 0 Å². The van der Waals surface area contributed by atoms with Gasteiger partial charge in [0, 0.05) is 0 Å². The van der Waals surface area contributed by atoms with Crippen LogP contribution in [0.4, 0.5) is 4.79 Å². The summed E-state index contributed by atoms with van der Waals surface area (Å²) in [5.41, 5.74) is -0.686. The Morgan fingerprint density at radius 1 is 0.909 bits per heavy atom. The van der Waals surface area contributed by atoms with Gasteiger partial charge in [-0.2, -0.15) is 0 Å². The fraction of sp³-hybridized carbons (Fsp3) is 0.235. The summed E-state index contributed by atoms with van der Waals surface area (Å²) in [4.78, 5) is 13.0. The molecule has 0 atom stereocenters. The van der Waals surface area contributed by atoms with Crippen molar-refractivity contribution in [1.29, 1.82) is 0 Å². The molecule has 0 spiro atoms. The van der Waals surface area contributed by atoms with Crippen molar-refractivity contribution in [2.24, 2.45) is 4.36 Å². The number of rotatable bonds is 2. The molecular formula is C17H19NO3S. The summed E-state index contributed by atoms with van der Waals surface area (Å²) in [6, 6.07) is 17.5. The molecule has 0 N–H and O–H groups in total. The van der Waals surface area contributed by atoms with Crippen LogP contribution < -0.4 is 0 Å². The molecule has 2 aromatic carbocycles. The van der Waals surface area contributed by atoms with Gasteiger partial charge in [-0.3, -0.25) is 0 Å². The maximum atomic E-state index is 13.4. The van der Waals surface area contributed by atoms with E-state index in [4.69, 9.17) is 4.74 Å². The molecule has 0 aliphatic carbocycles. The van der Waals surface area contributed by atoms with Crippen molar-refractivity contribution in [3.63, 3.8) is 0 Å². The molecule has 5 heteroatoms. The van der Waals surface area contributed by atoms with Crippen LogP contribution in [-0.4, -0.2) is 15.9 Å². The largest absolute Gasteiger partial charge is 0.442 e. The molecule has 22 heavy (non-hydrogen) atoms. The van der Waals surface area contributed by atoms with Gasteiger partial charge in [-0.25, -0.2) is 9.00 Å². The van der Waals surface area contributed by atoms with E-state index < -0.39 is 21.4 Å². The van der Waals surface area contributed by atoms with Gasteiger partial charge < -0.3 is 4.74 Å². The topological polar surface area (TPSA) is 55.7 Å². The van der Waals surface area contributed by atoms with E-state index in [0.29, 0.717) is 9.79 Å². The maximum absolute atomic E-state index is 13.4. The number of benzene rings is 2. The zero-order valence-electron chi connectivity index (χ0n) is 12.9. The lowest BCUT2D eigenvalue weighted by Crippen LogP contribution is -2.22. The number of ether oxygens (including phenoxy) is 1. The fourth-order valence-corrected chi connectivity index (χ4v) is 3.62. The SMILES string of the molecule is CC(C)(C)OC(=O)N=S(=O)(c1ccccc1)c1ccccc1. The summed E-state index contributed by atoms with van der Waals surface area (Å²) in [7, 11) is -3.07. The van der Waals surface area contributed by atoms with E-state index in [1.165, 1.54) is 0 Å². The number of hydrogen-bond acceptors (Lipinski definition) is 3. The number of carbonyl (C=O) groups excluding carboxylic acids is 1. The summed E-state index contributed by atoms with van der Waals surface area (Å²) >= 11 is 0. The third kappa shape index (κ3) is 3.95. The van der Waals surface area contributed by atoms with Gasteiger partial charge in [-0.05, 0) is 45.0 Å². The highest BCUT2D eigenvalue weighted by Gasteiger charge is 2.21. The second-order valence-electron chi connectivity index (χ2n) is 5.72. The standard InChI is InChI=1S/C17H19NO3S/c1-17(2,3)21-16(19)18-22(20,14-10-6-4-7-11-14)15-12-8-5-9-13-15/h4-13H,1-3H3. The minimum Gasteiger partial charge on any atom is -0.442 e. The zero-order chi connectivity index (χ0) is 16.2. The van der Waals surface area contributed by atoms with E-state index in [1.54, 1.807) is 69.3 Å². The number of nitrogens with zero attached hydrogens (tertiary/aromatic N) is 1. The predicted molar refractivity (Wildman–Crippen MR) is 86.2 cm³/mol. The Hall–Kier alpha value is -2.14. The molecule has 4 nitrogen and oxygen atoms in total. The molecule has 2 aromatic rings. The van der Waals surface area contributed by atoms with Gasteiger partial charge in [0.15, 0.2) is 0 Å². The average Bonchev–Trinajstić information content (AvgIpc) is 2.47. The van der Waals surface area contributed by atoms with E-state index in [2.05, 4.69) is 4.36 Å². The summed E-state index contributed by atoms with van der Waals surface area (Å²) in [5, 5.41) is 0. The van der Waals surface area contributed by atoms with E-state index >= 15 is 0 Å². The summed E-state index contributed by atoms with van der Waals surface area (Å²) < 4.78 is 22.5. The summed E-state index contributed by atoms with van der Waals surface area (Å²) in [5.74, 6) is 0. The third-order valence-corrected chi connectivity index (χ3v) is 4.95. The first-order chi connectivity index (χ1) is 10.3. The Kier molecular flexibility index (Phi) is 4.66. The molecule has 0 bridgehead atoms. The van der Waals surface area contributed by atoms with Crippen LogP contribution in [-0.2, 0) is 14.5 Å². The minimum atomic E-state index is -3.07.